The van der Waals surface area contributed by atoms with Crippen LogP contribution >= 0.6 is 11.3 Å². The monoisotopic (exact) mass is 323 g/mol. The van der Waals surface area contributed by atoms with Crippen LogP contribution in [0.25, 0.3) is 0 Å². The number of carbonyl (C=O) groups excluding carboxylic acids is 1. The van der Waals surface area contributed by atoms with Gasteiger partial charge in [-0.3, -0.25) is 9.69 Å². The molecule has 2 aromatic heterocycles. The fourth-order valence-electron chi connectivity index (χ4n) is 2.24. The zero-order chi connectivity index (χ0) is 15.7. The number of halogens is 1. The quantitative estimate of drug-likeness (QED) is 0.922. The summed E-state index contributed by atoms with van der Waals surface area (Å²) in [4.78, 5) is 24.7. The third-order valence-electron chi connectivity index (χ3n) is 3.40. The molecule has 1 aliphatic rings. The molecule has 0 spiro atoms. The first-order chi connectivity index (χ1) is 10.6. The number of hydrogen-bond donors (Lipinski definition) is 1. The molecule has 2 N–H and O–H groups in total. The van der Waals surface area contributed by atoms with Crippen LogP contribution in [0.5, 0.6) is 0 Å². The van der Waals surface area contributed by atoms with Crippen LogP contribution in [0, 0.1) is 5.82 Å². The first-order valence-corrected chi connectivity index (χ1v) is 7.57. The average Bonchev–Trinajstić information content (AvgIpc) is 3.05. The minimum absolute atomic E-state index is 0.116. The van der Waals surface area contributed by atoms with Crippen molar-refractivity contribution < 1.29 is 13.9 Å². The van der Waals surface area contributed by atoms with Crippen molar-refractivity contribution >= 4 is 22.4 Å². The van der Waals surface area contributed by atoms with Gasteiger partial charge in [0.15, 0.2) is 5.82 Å². The van der Waals surface area contributed by atoms with E-state index in [0.717, 1.165) is 11.3 Å². The summed E-state index contributed by atoms with van der Waals surface area (Å²) in [5.74, 6) is -0.504. The number of nitrogens with two attached hydrogens (primary N) is 1. The normalized spacial score (nSPS) is 17.8. The number of pyridine rings is 1. The van der Waals surface area contributed by atoms with Gasteiger partial charge < -0.3 is 15.0 Å². The lowest BCUT2D eigenvalue weighted by Gasteiger charge is -2.10. The first kappa shape index (κ1) is 14.7. The molecule has 1 amide bonds. The van der Waals surface area contributed by atoms with Gasteiger partial charge in [0.1, 0.15) is 11.1 Å². The SMILES string of the molecule is NC[C@H]1CN(c2scc(Cn3ccccc3=O)c2F)C(=O)O1. The summed E-state index contributed by atoms with van der Waals surface area (Å²) in [6.45, 7) is 0.546. The Labute approximate surface area is 129 Å². The fraction of sp³-hybridized carbons (Fsp3) is 0.286. The van der Waals surface area contributed by atoms with E-state index in [-0.39, 0.29) is 30.2 Å². The fourth-order valence-corrected chi connectivity index (χ4v) is 3.18. The summed E-state index contributed by atoms with van der Waals surface area (Å²) in [7, 11) is 0. The molecule has 116 valence electrons. The lowest BCUT2D eigenvalue weighted by molar-refractivity contribution is 0.145. The second-order valence-corrected chi connectivity index (χ2v) is 5.76. The number of anilines is 1. The Bertz CT molecular complexity index is 758. The van der Waals surface area contributed by atoms with E-state index in [2.05, 4.69) is 0 Å². The van der Waals surface area contributed by atoms with Gasteiger partial charge in [-0.1, -0.05) is 6.07 Å². The predicted octanol–water partition coefficient (Wildman–Crippen LogP) is 1.38. The molecule has 3 heterocycles. The molecule has 8 heteroatoms. The first-order valence-electron chi connectivity index (χ1n) is 6.69. The zero-order valence-corrected chi connectivity index (χ0v) is 12.4. The zero-order valence-electron chi connectivity index (χ0n) is 11.6. The molecule has 22 heavy (non-hydrogen) atoms. The average molecular weight is 323 g/mol. The maximum atomic E-state index is 14.5. The van der Waals surface area contributed by atoms with E-state index in [4.69, 9.17) is 10.5 Å². The molecule has 0 bridgehead atoms. The highest BCUT2D eigenvalue weighted by atomic mass is 32.1. The molecule has 3 rings (SSSR count). The van der Waals surface area contributed by atoms with Crippen LogP contribution in [0.1, 0.15) is 5.56 Å². The molecule has 1 aliphatic heterocycles. The van der Waals surface area contributed by atoms with E-state index in [1.165, 1.54) is 15.5 Å². The van der Waals surface area contributed by atoms with Crippen molar-refractivity contribution in [3.63, 3.8) is 0 Å². The second kappa shape index (κ2) is 5.90. The molecule has 6 nitrogen and oxygen atoms in total. The number of rotatable bonds is 4. The lowest BCUT2D eigenvalue weighted by atomic mass is 10.3. The van der Waals surface area contributed by atoms with Crippen LogP contribution < -0.4 is 16.2 Å². The Morgan fingerprint density at radius 3 is 2.91 bits per heavy atom. The highest BCUT2D eigenvalue weighted by molar-refractivity contribution is 7.14. The van der Waals surface area contributed by atoms with Crippen LogP contribution in [-0.2, 0) is 11.3 Å². The van der Waals surface area contributed by atoms with Gasteiger partial charge in [0.25, 0.3) is 5.56 Å². The van der Waals surface area contributed by atoms with Gasteiger partial charge in [0.2, 0.25) is 0 Å². The number of hydrogen-bond acceptors (Lipinski definition) is 5. The summed E-state index contributed by atoms with van der Waals surface area (Å²) < 4.78 is 20.9. The van der Waals surface area contributed by atoms with Gasteiger partial charge >= 0.3 is 6.09 Å². The van der Waals surface area contributed by atoms with Crippen LogP contribution in [0.15, 0.2) is 34.6 Å². The largest absolute Gasteiger partial charge is 0.443 e. The molecule has 1 saturated heterocycles. The second-order valence-electron chi connectivity index (χ2n) is 4.90. The molecule has 0 aromatic carbocycles. The number of cyclic esters (lactones) is 1. The van der Waals surface area contributed by atoms with Crippen LogP contribution in [-0.4, -0.2) is 29.9 Å². The van der Waals surface area contributed by atoms with Gasteiger partial charge in [0, 0.05) is 29.8 Å². The third-order valence-corrected chi connectivity index (χ3v) is 4.43. The standard InChI is InChI=1S/C14H14FN3O3S/c15-12-9(6-17-4-2-1-3-11(17)19)8-22-13(12)18-7-10(5-16)21-14(18)20/h1-4,8,10H,5-7,16H2/t10-/m0/s1. The summed E-state index contributed by atoms with van der Waals surface area (Å²) in [6, 6.07) is 4.74. The van der Waals surface area contributed by atoms with Crippen molar-refractivity contribution in [2.45, 2.75) is 12.6 Å². The molecule has 0 saturated carbocycles. The van der Waals surface area contributed by atoms with E-state index < -0.39 is 18.0 Å². The number of carbonyl (C=O) groups is 1. The number of ether oxygens (including phenoxy) is 1. The van der Waals surface area contributed by atoms with Gasteiger partial charge in [-0.25, -0.2) is 9.18 Å². The molecule has 2 aromatic rings. The Hall–Kier alpha value is -2.19. The van der Waals surface area contributed by atoms with Crippen molar-refractivity contribution in [1.82, 2.24) is 4.57 Å². The van der Waals surface area contributed by atoms with Gasteiger partial charge in [0.05, 0.1) is 13.1 Å². The summed E-state index contributed by atoms with van der Waals surface area (Å²) >= 11 is 1.11. The smallest absolute Gasteiger partial charge is 0.415 e. The van der Waals surface area contributed by atoms with Crippen LogP contribution in [0.3, 0.4) is 0 Å². The van der Waals surface area contributed by atoms with Gasteiger partial charge in [-0.15, -0.1) is 11.3 Å². The Morgan fingerprint density at radius 1 is 1.41 bits per heavy atom. The molecule has 1 fully saturated rings. The maximum absolute atomic E-state index is 14.5. The molecule has 1 atom stereocenters. The number of nitrogens with zero attached hydrogens (tertiary/aromatic N) is 2. The summed E-state index contributed by atoms with van der Waals surface area (Å²) in [5, 5.41) is 1.80. The van der Waals surface area contributed by atoms with Gasteiger partial charge in [-0.2, -0.15) is 0 Å². The van der Waals surface area contributed by atoms with E-state index in [1.807, 2.05) is 0 Å². The van der Waals surface area contributed by atoms with Crippen LogP contribution in [0.2, 0.25) is 0 Å². The van der Waals surface area contributed by atoms with E-state index in [1.54, 1.807) is 23.7 Å². The van der Waals surface area contributed by atoms with E-state index >= 15 is 0 Å². The Kier molecular flexibility index (Phi) is 3.95. The third kappa shape index (κ3) is 2.62. The minimum Gasteiger partial charge on any atom is -0.443 e. The highest BCUT2D eigenvalue weighted by Crippen LogP contribution is 2.33. The molecule has 0 radical (unpaired) electrons. The van der Waals surface area contributed by atoms with Crippen molar-refractivity contribution in [3.05, 3.63) is 51.5 Å². The minimum atomic E-state index is -0.598. The van der Waals surface area contributed by atoms with Gasteiger partial charge in [-0.05, 0) is 6.07 Å². The molecule has 0 aliphatic carbocycles. The van der Waals surface area contributed by atoms with Crippen molar-refractivity contribution in [3.8, 4) is 0 Å². The predicted molar refractivity (Wildman–Crippen MR) is 80.8 cm³/mol. The number of amides is 1. The van der Waals surface area contributed by atoms with Crippen LogP contribution in [0.4, 0.5) is 14.2 Å². The topological polar surface area (TPSA) is 77.6 Å². The van der Waals surface area contributed by atoms with Crippen molar-refractivity contribution in [2.24, 2.45) is 5.73 Å². The lowest BCUT2D eigenvalue weighted by Crippen LogP contribution is -2.27. The molecule has 0 unspecified atom stereocenters. The van der Waals surface area contributed by atoms with Crippen molar-refractivity contribution in [2.75, 3.05) is 18.0 Å². The molecular weight excluding hydrogens is 309 g/mol. The number of thiophene rings is 1. The van der Waals surface area contributed by atoms with Crippen molar-refractivity contribution in [1.29, 1.82) is 0 Å². The Balaban J connectivity index is 1.85. The summed E-state index contributed by atoms with van der Waals surface area (Å²) in [5.41, 5.74) is 5.61. The number of aromatic nitrogens is 1. The van der Waals surface area contributed by atoms with E-state index in [9.17, 15) is 14.0 Å². The maximum Gasteiger partial charge on any atom is 0.415 e. The van der Waals surface area contributed by atoms with E-state index in [0.29, 0.717) is 5.56 Å². The highest BCUT2D eigenvalue weighted by Gasteiger charge is 2.34. The molecular formula is C14H14FN3O3S. The summed E-state index contributed by atoms with van der Waals surface area (Å²) in [6.07, 6.45) is 0.571. The Morgan fingerprint density at radius 2 is 2.23 bits per heavy atom.